The molecule has 6 nitrogen and oxygen atoms in total. The second-order valence-electron chi connectivity index (χ2n) is 7.97. The molecule has 0 unspecified atom stereocenters. The number of rotatable bonds is 9. The molecule has 0 fully saturated rings. The van der Waals surface area contributed by atoms with Crippen molar-refractivity contribution in [2.75, 3.05) is 14.2 Å². The normalized spacial score (nSPS) is 11.0. The Morgan fingerprint density at radius 2 is 1.45 bits per heavy atom. The lowest BCUT2D eigenvalue weighted by Crippen LogP contribution is -2.42. The minimum absolute atomic E-state index is 0.0114. The number of benzene rings is 1. The van der Waals surface area contributed by atoms with E-state index in [0.717, 1.165) is 14.2 Å². The topological polar surface area (TPSA) is 86.7 Å². The summed E-state index contributed by atoms with van der Waals surface area (Å²) in [6.07, 6.45) is 1.26. The van der Waals surface area contributed by atoms with Gasteiger partial charge < -0.3 is 9.47 Å². The molecule has 0 aliphatic heterocycles. The van der Waals surface area contributed by atoms with Gasteiger partial charge in [0.25, 0.3) is 0 Å². The SMILES string of the molecule is CC#CCC(C)(C)C=C=C(CC(CC#CC)(C(=O)OC)C(=O)OC)S(=O)(=O)c1ccccc1. The number of hydrogen-bond acceptors (Lipinski definition) is 6. The first-order valence-electron chi connectivity index (χ1n) is 10.2. The van der Waals surface area contributed by atoms with E-state index in [2.05, 4.69) is 29.4 Å². The zero-order chi connectivity index (χ0) is 25.1. The molecule has 0 saturated carbocycles. The Morgan fingerprint density at radius 1 is 0.939 bits per heavy atom. The summed E-state index contributed by atoms with van der Waals surface area (Å²) < 4.78 is 36.9. The van der Waals surface area contributed by atoms with E-state index < -0.39 is 39.0 Å². The second-order valence-corrected chi connectivity index (χ2v) is 9.94. The zero-order valence-electron chi connectivity index (χ0n) is 19.9. The molecule has 0 amide bonds. The predicted molar refractivity (Wildman–Crippen MR) is 126 cm³/mol. The van der Waals surface area contributed by atoms with E-state index in [0.29, 0.717) is 6.42 Å². The van der Waals surface area contributed by atoms with E-state index in [9.17, 15) is 18.0 Å². The van der Waals surface area contributed by atoms with Crippen molar-refractivity contribution in [3.63, 3.8) is 0 Å². The van der Waals surface area contributed by atoms with Crippen LogP contribution in [0.15, 0.2) is 51.9 Å². The van der Waals surface area contributed by atoms with Crippen LogP contribution < -0.4 is 0 Å². The first-order valence-corrected chi connectivity index (χ1v) is 11.7. The van der Waals surface area contributed by atoms with Gasteiger partial charge in [-0.15, -0.1) is 29.4 Å². The summed E-state index contributed by atoms with van der Waals surface area (Å²) in [7, 11) is -1.87. The van der Waals surface area contributed by atoms with Crippen molar-refractivity contribution in [2.24, 2.45) is 10.8 Å². The van der Waals surface area contributed by atoms with E-state index in [1.54, 1.807) is 38.1 Å². The Balaban J connectivity index is 3.87. The van der Waals surface area contributed by atoms with Crippen LogP contribution in [0.1, 0.15) is 47.0 Å². The van der Waals surface area contributed by atoms with Gasteiger partial charge in [-0.25, -0.2) is 8.42 Å². The molecule has 0 saturated heterocycles. The van der Waals surface area contributed by atoms with Crippen LogP contribution in [-0.2, 0) is 28.9 Å². The van der Waals surface area contributed by atoms with E-state index in [4.69, 9.17) is 9.47 Å². The average molecular weight is 471 g/mol. The van der Waals surface area contributed by atoms with Crippen molar-refractivity contribution in [3.8, 4) is 23.7 Å². The number of carbonyl (C=O) groups excluding carboxylic acids is 2. The number of hydrogen-bond donors (Lipinski definition) is 0. The number of allylic oxidation sites excluding steroid dienone is 1. The summed E-state index contributed by atoms with van der Waals surface area (Å²) in [6, 6.07) is 7.74. The first-order chi connectivity index (χ1) is 15.5. The molecular weight excluding hydrogens is 440 g/mol. The van der Waals surface area contributed by atoms with Gasteiger partial charge in [-0.05, 0) is 32.1 Å². The van der Waals surface area contributed by atoms with Crippen molar-refractivity contribution in [3.05, 3.63) is 47.0 Å². The van der Waals surface area contributed by atoms with Gasteiger partial charge in [-0.1, -0.05) is 32.0 Å². The molecule has 0 aliphatic carbocycles. The average Bonchev–Trinajstić information content (AvgIpc) is 2.81. The third-order valence-electron chi connectivity index (χ3n) is 4.90. The lowest BCUT2D eigenvalue weighted by Gasteiger charge is -2.27. The number of sulfone groups is 1. The van der Waals surface area contributed by atoms with Gasteiger partial charge in [0.05, 0.1) is 24.0 Å². The summed E-state index contributed by atoms with van der Waals surface area (Å²) in [5.74, 6) is 9.25. The minimum atomic E-state index is -4.11. The molecule has 176 valence electrons. The molecule has 1 aromatic rings. The smallest absolute Gasteiger partial charge is 0.324 e. The molecule has 33 heavy (non-hydrogen) atoms. The van der Waals surface area contributed by atoms with Crippen molar-refractivity contribution in [2.45, 2.75) is 51.9 Å². The standard InChI is InChI=1S/C26H30O6S/c1-7-9-17-25(3,4)19-16-22(33(29,30)21-14-12-11-13-15-21)20-26(18-10-8-2,23(27)31-5)24(28)32-6/h11-15,19H,17-18,20H2,1-6H3. The Morgan fingerprint density at radius 3 is 1.94 bits per heavy atom. The van der Waals surface area contributed by atoms with Crippen LogP contribution in [0.2, 0.25) is 0 Å². The first kappa shape index (κ1) is 27.8. The largest absolute Gasteiger partial charge is 0.468 e. The van der Waals surface area contributed by atoms with Crippen LogP contribution in [0, 0.1) is 34.5 Å². The Hall–Kier alpha value is -3.25. The highest BCUT2D eigenvalue weighted by Crippen LogP contribution is 2.37. The van der Waals surface area contributed by atoms with E-state index in [1.165, 1.54) is 12.1 Å². The van der Waals surface area contributed by atoms with Gasteiger partial charge in [0.2, 0.25) is 9.84 Å². The van der Waals surface area contributed by atoms with Crippen LogP contribution in [0.25, 0.3) is 0 Å². The van der Waals surface area contributed by atoms with Gasteiger partial charge in [-0.3, -0.25) is 9.59 Å². The third-order valence-corrected chi connectivity index (χ3v) is 6.71. The van der Waals surface area contributed by atoms with Gasteiger partial charge >= 0.3 is 11.9 Å². The minimum Gasteiger partial charge on any atom is -0.468 e. The molecule has 0 aromatic heterocycles. The molecule has 7 heteroatoms. The Labute approximate surface area is 197 Å². The summed E-state index contributed by atoms with van der Waals surface area (Å²) in [5.41, 5.74) is 0.384. The van der Waals surface area contributed by atoms with E-state index in [1.807, 2.05) is 13.8 Å². The Kier molecular flexibility index (Phi) is 10.2. The molecular formula is C26H30O6S. The highest BCUT2D eigenvalue weighted by atomic mass is 32.2. The van der Waals surface area contributed by atoms with Crippen molar-refractivity contribution < 1.29 is 27.5 Å². The quantitative estimate of drug-likeness (QED) is 0.234. The highest BCUT2D eigenvalue weighted by molar-refractivity contribution is 7.95. The maximum absolute atomic E-state index is 13.5. The van der Waals surface area contributed by atoms with Crippen LogP contribution in [0.4, 0.5) is 0 Å². The van der Waals surface area contributed by atoms with E-state index >= 15 is 0 Å². The lowest BCUT2D eigenvalue weighted by atomic mass is 9.80. The molecule has 0 heterocycles. The van der Waals surface area contributed by atoms with Crippen molar-refractivity contribution in [1.82, 2.24) is 0 Å². The maximum atomic E-state index is 13.5. The molecule has 0 N–H and O–H groups in total. The van der Waals surface area contributed by atoms with Gasteiger partial charge in [0.15, 0.2) is 5.41 Å². The summed E-state index contributed by atoms with van der Waals surface area (Å²) in [4.78, 5) is 25.4. The lowest BCUT2D eigenvalue weighted by molar-refractivity contribution is -0.168. The maximum Gasteiger partial charge on any atom is 0.324 e. The Bertz CT molecular complexity index is 1130. The van der Waals surface area contributed by atoms with Gasteiger partial charge in [0.1, 0.15) is 0 Å². The predicted octanol–water partition coefficient (Wildman–Crippen LogP) is 4.07. The highest BCUT2D eigenvalue weighted by Gasteiger charge is 2.50. The van der Waals surface area contributed by atoms with Gasteiger partial charge in [-0.2, -0.15) is 0 Å². The van der Waals surface area contributed by atoms with Crippen LogP contribution in [-0.4, -0.2) is 34.6 Å². The number of esters is 2. The monoisotopic (exact) mass is 470 g/mol. The fourth-order valence-corrected chi connectivity index (χ4v) is 4.40. The third kappa shape index (κ3) is 7.12. The fraction of sp³-hybridized carbons (Fsp3) is 0.423. The van der Waals surface area contributed by atoms with Crippen LogP contribution in [0.5, 0.6) is 0 Å². The van der Waals surface area contributed by atoms with Crippen LogP contribution >= 0.6 is 0 Å². The molecule has 1 rings (SSSR count). The molecule has 0 aliphatic rings. The number of methoxy groups -OCH3 is 2. The van der Waals surface area contributed by atoms with Crippen molar-refractivity contribution >= 4 is 21.8 Å². The molecule has 0 spiro atoms. The summed E-state index contributed by atoms with van der Waals surface area (Å²) in [6.45, 7) is 7.03. The van der Waals surface area contributed by atoms with E-state index in [-0.39, 0.29) is 16.2 Å². The molecule has 1 aromatic carbocycles. The number of carbonyl (C=O) groups is 2. The van der Waals surface area contributed by atoms with Crippen molar-refractivity contribution in [1.29, 1.82) is 0 Å². The zero-order valence-corrected chi connectivity index (χ0v) is 20.8. The molecule has 0 bridgehead atoms. The summed E-state index contributed by atoms with van der Waals surface area (Å²) >= 11 is 0. The summed E-state index contributed by atoms with van der Waals surface area (Å²) in [5, 5.41) is 0. The second kappa shape index (κ2) is 12.1. The van der Waals surface area contributed by atoms with Gasteiger partial charge in [0, 0.05) is 24.7 Å². The number of ether oxygens (including phenoxy) is 2. The molecule has 0 atom stereocenters. The van der Waals surface area contributed by atoms with Crippen LogP contribution in [0.3, 0.4) is 0 Å². The molecule has 0 radical (unpaired) electrons. The fourth-order valence-electron chi connectivity index (χ4n) is 2.95.